The maximum Gasteiger partial charge on any atom is 0.256 e. The molecule has 1 N–H and O–H groups in total. The first-order valence-electron chi connectivity index (χ1n) is 4.59. The van der Waals surface area contributed by atoms with Crippen molar-refractivity contribution in [1.29, 1.82) is 5.26 Å². The van der Waals surface area contributed by atoms with Crippen LogP contribution in [0, 0.1) is 11.3 Å². The molecule has 0 bridgehead atoms. The van der Waals surface area contributed by atoms with Crippen LogP contribution in [-0.2, 0) is 0 Å². The van der Waals surface area contributed by atoms with Crippen LogP contribution in [0.2, 0.25) is 0 Å². The van der Waals surface area contributed by atoms with Crippen molar-refractivity contribution in [3.63, 3.8) is 0 Å². The summed E-state index contributed by atoms with van der Waals surface area (Å²) in [6, 6.07) is 3.51. The molecule has 0 radical (unpaired) electrons. The molecular formula is C10H11BrN2O2. The van der Waals surface area contributed by atoms with E-state index in [4.69, 9.17) is 9.68 Å². The summed E-state index contributed by atoms with van der Waals surface area (Å²) in [6.07, 6.45) is 2.48. The van der Waals surface area contributed by atoms with Crippen LogP contribution >= 0.6 is 15.9 Å². The number of furan rings is 1. The van der Waals surface area contributed by atoms with Gasteiger partial charge in [-0.05, 0) is 28.4 Å². The number of halogens is 1. The van der Waals surface area contributed by atoms with Gasteiger partial charge in [0.15, 0.2) is 4.67 Å². The lowest BCUT2D eigenvalue weighted by atomic mass is 10.1. The van der Waals surface area contributed by atoms with Crippen LogP contribution < -0.4 is 5.32 Å². The molecule has 1 rings (SSSR count). The van der Waals surface area contributed by atoms with Gasteiger partial charge in [-0.2, -0.15) is 5.26 Å². The van der Waals surface area contributed by atoms with Gasteiger partial charge in [-0.25, -0.2) is 0 Å². The lowest BCUT2D eigenvalue weighted by Gasteiger charge is -2.12. The molecule has 1 heterocycles. The van der Waals surface area contributed by atoms with E-state index in [0.29, 0.717) is 16.7 Å². The molecule has 1 atom stereocenters. The van der Waals surface area contributed by atoms with E-state index in [0.717, 1.165) is 6.42 Å². The van der Waals surface area contributed by atoms with Gasteiger partial charge in [-0.3, -0.25) is 4.79 Å². The normalized spacial score (nSPS) is 11.8. The third-order valence-corrected chi connectivity index (χ3v) is 2.64. The molecule has 0 fully saturated rings. The molecule has 0 spiro atoms. The standard InChI is InChI=1S/C10H11BrN2O2/c1-2-7(3-5-12)13-10(14)8-4-6-15-9(8)11/h4,6-7H,2-3H2,1H3,(H,13,14). The molecule has 0 aliphatic rings. The van der Waals surface area contributed by atoms with Crippen molar-refractivity contribution in [2.45, 2.75) is 25.8 Å². The second-order valence-electron chi connectivity index (χ2n) is 3.05. The molecule has 4 nitrogen and oxygen atoms in total. The van der Waals surface area contributed by atoms with E-state index >= 15 is 0 Å². The Morgan fingerprint density at radius 1 is 1.80 bits per heavy atom. The van der Waals surface area contributed by atoms with Gasteiger partial charge in [0.2, 0.25) is 0 Å². The van der Waals surface area contributed by atoms with Crippen LogP contribution in [0.3, 0.4) is 0 Å². The number of carbonyl (C=O) groups is 1. The molecule has 0 aliphatic heterocycles. The largest absolute Gasteiger partial charge is 0.457 e. The highest BCUT2D eigenvalue weighted by molar-refractivity contribution is 9.10. The molecule has 80 valence electrons. The van der Waals surface area contributed by atoms with E-state index in [2.05, 4.69) is 21.2 Å². The summed E-state index contributed by atoms with van der Waals surface area (Å²) >= 11 is 3.13. The van der Waals surface area contributed by atoms with Gasteiger partial charge < -0.3 is 9.73 Å². The average Bonchev–Trinajstić information content (AvgIpc) is 2.63. The van der Waals surface area contributed by atoms with E-state index < -0.39 is 0 Å². The monoisotopic (exact) mass is 270 g/mol. The number of nitriles is 1. The van der Waals surface area contributed by atoms with Gasteiger partial charge in [-0.1, -0.05) is 6.92 Å². The van der Waals surface area contributed by atoms with Gasteiger partial charge in [-0.15, -0.1) is 0 Å². The van der Waals surface area contributed by atoms with Gasteiger partial charge in [0.05, 0.1) is 24.3 Å². The van der Waals surface area contributed by atoms with Crippen LogP contribution in [-0.4, -0.2) is 11.9 Å². The second-order valence-corrected chi connectivity index (χ2v) is 3.77. The summed E-state index contributed by atoms with van der Waals surface area (Å²) in [4.78, 5) is 11.7. The number of rotatable bonds is 4. The SMILES string of the molecule is CCC(CC#N)NC(=O)c1ccoc1Br. The highest BCUT2D eigenvalue weighted by Gasteiger charge is 2.15. The molecule has 1 aromatic heterocycles. The number of nitrogens with one attached hydrogen (secondary N) is 1. The smallest absolute Gasteiger partial charge is 0.256 e. The summed E-state index contributed by atoms with van der Waals surface area (Å²) in [5.41, 5.74) is 0.450. The van der Waals surface area contributed by atoms with E-state index in [9.17, 15) is 4.79 Å². The fraction of sp³-hybridized carbons (Fsp3) is 0.400. The highest BCUT2D eigenvalue weighted by atomic mass is 79.9. The Bertz CT molecular complexity index is 381. The minimum atomic E-state index is -0.224. The first kappa shape index (κ1) is 11.8. The summed E-state index contributed by atoms with van der Waals surface area (Å²) in [7, 11) is 0. The molecule has 1 unspecified atom stereocenters. The third-order valence-electron chi connectivity index (χ3n) is 2.03. The number of nitrogens with zero attached hydrogens (tertiary/aromatic N) is 1. The summed E-state index contributed by atoms with van der Waals surface area (Å²) in [5, 5.41) is 11.3. The van der Waals surface area contributed by atoms with E-state index in [1.54, 1.807) is 6.07 Å². The first-order chi connectivity index (χ1) is 7.19. The van der Waals surface area contributed by atoms with Crippen molar-refractivity contribution >= 4 is 21.8 Å². The molecule has 1 amide bonds. The van der Waals surface area contributed by atoms with Crippen LogP contribution in [0.1, 0.15) is 30.1 Å². The Labute approximate surface area is 96.4 Å². The van der Waals surface area contributed by atoms with E-state index in [-0.39, 0.29) is 11.9 Å². The molecular weight excluding hydrogens is 260 g/mol. The molecule has 0 saturated heterocycles. The van der Waals surface area contributed by atoms with Gasteiger partial charge >= 0.3 is 0 Å². The Morgan fingerprint density at radius 2 is 2.53 bits per heavy atom. The number of carbonyl (C=O) groups excluding carboxylic acids is 1. The Kier molecular flexibility index (Phi) is 4.37. The van der Waals surface area contributed by atoms with Crippen LogP contribution in [0.4, 0.5) is 0 Å². The topological polar surface area (TPSA) is 66.0 Å². The molecule has 0 aliphatic carbocycles. The predicted octanol–water partition coefficient (Wildman–Crippen LogP) is 2.46. The van der Waals surface area contributed by atoms with Crippen molar-refractivity contribution in [1.82, 2.24) is 5.32 Å². The zero-order valence-corrected chi connectivity index (χ0v) is 9.87. The third kappa shape index (κ3) is 3.10. The molecule has 5 heteroatoms. The average molecular weight is 271 g/mol. The quantitative estimate of drug-likeness (QED) is 0.914. The predicted molar refractivity (Wildman–Crippen MR) is 58.2 cm³/mol. The zero-order chi connectivity index (χ0) is 11.3. The van der Waals surface area contributed by atoms with Gasteiger partial charge in [0.25, 0.3) is 5.91 Å². The van der Waals surface area contributed by atoms with Crippen molar-refractivity contribution in [2.75, 3.05) is 0 Å². The number of hydrogen-bond acceptors (Lipinski definition) is 3. The maximum atomic E-state index is 11.7. The molecule has 0 aromatic carbocycles. The number of hydrogen-bond donors (Lipinski definition) is 1. The van der Waals surface area contributed by atoms with Crippen molar-refractivity contribution < 1.29 is 9.21 Å². The van der Waals surface area contributed by atoms with Gasteiger partial charge in [0, 0.05) is 6.04 Å². The minimum absolute atomic E-state index is 0.107. The maximum absolute atomic E-state index is 11.7. The fourth-order valence-electron chi connectivity index (χ4n) is 1.13. The zero-order valence-electron chi connectivity index (χ0n) is 8.29. The summed E-state index contributed by atoms with van der Waals surface area (Å²) in [6.45, 7) is 1.92. The summed E-state index contributed by atoms with van der Waals surface area (Å²) in [5.74, 6) is -0.224. The first-order valence-corrected chi connectivity index (χ1v) is 5.39. The molecule has 0 saturated carbocycles. The Balaban J connectivity index is 2.63. The molecule has 15 heavy (non-hydrogen) atoms. The van der Waals surface area contributed by atoms with E-state index in [1.807, 2.05) is 13.0 Å². The van der Waals surface area contributed by atoms with Crippen LogP contribution in [0.25, 0.3) is 0 Å². The lowest BCUT2D eigenvalue weighted by Crippen LogP contribution is -2.34. The summed E-state index contributed by atoms with van der Waals surface area (Å²) < 4.78 is 5.36. The van der Waals surface area contributed by atoms with Crippen molar-refractivity contribution in [3.05, 3.63) is 22.6 Å². The Morgan fingerprint density at radius 3 is 3.00 bits per heavy atom. The second kappa shape index (κ2) is 5.56. The van der Waals surface area contributed by atoms with Crippen LogP contribution in [0.5, 0.6) is 0 Å². The fourth-order valence-corrected chi connectivity index (χ4v) is 1.55. The van der Waals surface area contributed by atoms with Crippen molar-refractivity contribution in [2.24, 2.45) is 0 Å². The lowest BCUT2D eigenvalue weighted by molar-refractivity contribution is 0.0935. The van der Waals surface area contributed by atoms with Crippen LogP contribution in [0.15, 0.2) is 21.4 Å². The minimum Gasteiger partial charge on any atom is -0.457 e. The van der Waals surface area contributed by atoms with E-state index in [1.165, 1.54) is 6.26 Å². The van der Waals surface area contributed by atoms with Gasteiger partial charge in [0.1, 0.15) is 0 Å². The highest BCUT2D eigenvalue weighted by Crippen LogP contribution is 2.17. The molecule has 1 aromatic rings. The Hall–Kier alpha value is -1.28. The van der Waals surface area contributed by atoms with Crippen molar-refractivity contribution in [3.8, 4) is 6.07 Å². The number of amides is 1.